The molecule has 1 amide bonds. The van der Waals surface area contributed by atoms with Gasteiger partial charge in [0.05, 0.1) is 4.90 Å². The van der Waals surface area contributed by atoms with Crippen LogP contribution in [0.25, 0.3) is 0 Å². The maximum atomic E-state index is 12.9. The highest BCUT2D eigenvalue weighted by atomic mass is 32.2. The topological polar surface area (TPSA) is 78.5 Å². The van der Waals surface area contributed by atoms with Crippen molar-refractivity contribution in [1.29, 1.82) is 0 Å². The molecule has 2 rings (SSSR count). The summed E-state index contributed by atoms with van der Waals surface area (Å²) >= 11 is 0. The zero-order valence-corrected chi connectivity index (χ0v) is 17.0. The maximum absolute atomic E-state index is 12.9. The van der Waals surface area contributed by atoms with E-state index in [9.17, 15) is 13.2 Å². The molecule has 146 valence electrons. The van der Waals surface area contributed by atoms with Crippen molar-refractivity contribution >= 4 is 15.9 Å². The first-order valence-electron chi connectivity index (χ1n) is 9.19. The molecule has 26 heavy (non-hydrogen) atoms. The van der Waals surface area contributed by atoms with E-state index in [1.165, 1.54) is 4.31 Å². The van der Waals surface area contributed by atoms with E-state index in [0.29, 0.717) is 37.4 Å². The van der Waals surface area contributed by atoms with Crippen molar-refractivity contribution in [1.82, 2.24) is 14.9 Å². The van der Waals surface area contributed by atoms with Crippen molar-refractivity contribution in [3.05, 3.63) is 29.8 Å². The minimum atomic E-state index is -3.50. The van der Waals surface area contributed by atoms with Gasteiger partial charge >= 0.3 is 0 Å². The van der Waals surface area contributed by atoms with E-state index in [1.807, 2.05) is 19.2 Å². The zero-order valence-electron chi connectivity index (χ0n) is 16.2. The van der Waals surface area contributed by atoms with E-state index < -0.39 is 10.0 Å². The molecule has 1 aliphatic rings. The number of hydrogen-bond acceptors (Lipinski definition) is 4. The molecule has 6 nitrogen and oxygen atoms in total. The molecular formula is C19H31N3O3S. The molecule has 2 N–H and O–H groups in total. The summed E-state index contributed by atoms with van der Waals surface area (Å²) in [6.45, 7) is 8.38. The van der Waals surface area contributed by atoms with Gasteiger partial charge in [0.1, 0.15) is 0 Å². The van der Waals surface area contributed by atoms with Crippen LogP contribution in [-0.2, 0) is 20.2 Å². The van der Waals surface area contributed by atoms with Crippen LogP contribution in [0.4, 0.5) is 0 Å². The number of rotatable bonds is 6. The fourth-order valence-electron chi connectivity index (χ4n) is 3.09. The largest absolute Gasteiger partial charge is 0.355 e. The Bertz CT molecular complexity index is 701. The lowest BCUT2D eigenvalue weighted by Gasteiger charge is -2.30. The monoisotopic (exact) mass is 381 g/mol. The number of hydrogen-bond donors (Lipinski definition) is 2. The summed E-state index contributed by atoms with van der Waals surface area (Å²) in [6, 6.07) is 7.14. The van der Waals surface area contributed by atoms with Crippen LogP contribution in [0.3, 0.4) is 0 Å². The SMILES string of the molecule is CNCCNC(=O)C1CCN(S(=O)(=O)c2ccc(C(C)(C)C)cc2)CC1. The minimum absolute atomic E-state index is 0.0126. The quantitative estimate of drug-likeness (QED) is 0.736. The van der Waals surface area contributed by atoms with Crippen molar-refractivity contribution < 1.29 is 13.2 Å². The van der Waals surface area contributed by atoms with Crippen LogP contribution in [0.2, 0.25) is 0 Å². The van der Waals surface area contributed by atoms with Gasteiger partial charge in [-0.25, -0.2) is 8.42 Å². The van der Waals surface area contributed by atoms with Crippen LogP contribution >= 0.6 is 0 Å². The summed E-state index contributed by atoms with van der Waals surface area (Å²) in [5.41, 5.74) is 1.09. The lowest BCUT2D eigenvalue weighted by atomic mass is 9.87. The molecule has 0 aliphatic carbocycles. The first kappa shape index (κ1) is 20.9. The Hall–Kier alpha value is -1.44. The third-order valence-electron chi connectivity index (χ3n) is 4.86. The van der Waals surface area contributed by atoms with Gasteiger partial charge in [0, 0.05) is 32.1 Å². The summed E-state index contributed by atoms with van der Waals surface area (Å²) in [6.07, 6.45) is 1.12. The van der Waals surface area contributed by atoms with Crippen molar-refractivity contribution in [3.8, 4) is 0 Å². The van der Waals surface area contributed by atoms with E-state index in [4.69, 9.17) is 0 Å². The Kier molecular flexibility index (Phi) is 6.82. The van der Waals surface area contributed by atoms with Crippen LogP contribution in [0.5, 0.6) is 0 Å². The van der Waals surface area contributed by atoms with Gasteiger partial charge in [-0.05, 0) is 43.0 Å². The van der Waals surface area contributed by atoms with Crippen molar-refractivity contribution in [3.63, 3.8) is 0 Å². The van der Waals surface area contributed by atoms with E-state index in [-0.39, 0.29) is 17.2 Å². The first-order valence-corrected chi connectivity index (χ1v) is 10.6. The highest BCUT2D eigenvalue weighted by Gasteiger charge is 2.32. The summed E-state index contributed by atoms with van der Waals surface area (Å²) in [5, 5.41) is 5.87. The number of nitrogens with one attached hydrogen (secondary N) is 2. The van der Waals surface area contributed by atoms with Gasteiger partial charge in [-0.1, -0.05) is 32.9 Å². The fourth-order valence-corrected chi connectivity index (χ4v) is 4.56. The summed E-state index contributed by atoms with van der Waals surface area (Å²) in [7, 11) is -1.67. The molecule has 1 aromatic carbocycles. The normalized spacial score (nSPS) is 17.2. The number of carbonyl (C=O) groups is 1. The molecule has 1 fully saturated rings. The number of nitrogens with zero attached hydrogens (tertiary/aromatic N) is 1. The van der Waals surface area contributed by atoms with E-state index >= 15 is 0 Å². The van der Waals surface area contributed by atoms with Crippen molar-refractivity contribution in [2.45, 2.75) is 43.9 Å². The second-order valence-corrected chi connectivity index (χ2v) is 9.79. The highest BCUT2D eigenvalue weighted by Crippen LogP contribution is 2.27. The number of benzene rings is 1. The molecule has 0 saturated carbocycles. The number of likely N-dealkylation sites (N-methyl/N-ethyl adjacent to an activating group) is 1. The number of sulfonamides is 1. The maximum Gasteiger partial charge on any atom is 0.243 e. The molecule has 1 aliphatic heterocycles. The van der Waals surface area contributed by atoms with Crippen LogP contribution < -0.4 is 10.6 Å². The third kappa shape index (κ3) is 5.05. The molecule has 1 aromatic rings. The Morgan fingerprint density at radius 2 is 1.69 bits per heavy atom. The molecule has 1 heterocycles. The van der Waals surface area contributed by atoms with Crippen LogP contribution in [0, 0.1) is 5.92 Å². The van der Waals surface area contributed by atoms with Gasteiger partial charge in [0.2, 0.25) is 15.9 Å². The minimum Gasteiger partial charge on any atom is -0.355 e. The van der Waals surface area contributed by atoms with Crippen LogP contribution in [-0.4, -0.2) is 51.9 Å². The standard InChI is InChI=1S/C19H31N3O3S/c1-19(2,3)16-5-7-17(8-6-16)26(24,25)22-13-9-15(10-14-22)18(23)21-12-11-20-4/h5-8,15,20H,9-14H2,1-4H3,(H,21,23). The molecule has 0 spiro atoms. The predicted molar refractivity (Wildman–Crippen MR) is 104 cm³/mol. The van der Waals surface area contributed by atoms with Gasteiger partial charge < -0.3 is 10.6 Å². The Morgan fingerprint density at radius 1 is 1.12 bits per heavy atom. The molecule has 7 heteroatoms. The van der Waals surface area contributed by atoms with Gasteiger partial charge in [-0.3, -0.25) is 4.79 Å². The second-order valence-electron chi connectivity index (χ2n) is 7.85. The zero-order chi connectivity index (χ0) is 19.4. The van der Waals surface area contributed by atoms with Crippen LogP contribution in [0.1, 0.15) is 39.2 Å². The van der Waals surface area contributed by atoms with Crippen molar-refractivity contribution in [2.75, 3.05) is 33.2 Å². The average Bonchev–Trinajstić information content (AvgIpc) is 2.61. The third-order valence-corrected chi connectivity index (χ3v) is 6.77. The predicted octanol–water partition coefficient (Wildman–Crippen LogP) is 1.72. The van der Waals surface area contributed by atoms with Crippen molar-refractivity contribution in [2.24, 2.45) is 5.92 Å². The summed E-state index contributed by atoms with van der Waals surface area (Å²) < 4.78 is 27.2. The molecular weight excluding hydrogens is 350 g/mol. The lowest BCUT2D eigenvalue weighted by molar-refractivity contribution is -0.126. The Morgan fingerprint density at radius 3 is 2.19 bits per heavy atom. The smallest absolute Gasteiger partial charge is 0.243 e. The molecule has 0 bridgehead atoms. The first-order chi connectivity index (χ1) is 12.2. The molecule has 1 saturated heterocycles. The Labute approximate surface area is 157 Å². The summed E-state index contributed by atoms with van der Waals surface area (Å²) in [5.74, 6) is -0.0894. The van der Waals surface area contributed by atoms with E-state index in [2.05, 4.69) is 31.4 Å². The number of amides is 1. The highest BCUT2D eigenvalue weighted by molar-refractivity contribution is 7.89. The number of piperidine rings is 1. The van der Waals surface area contributed by atoms with Crippen LogP contribution in [0.15, 0.2) is 29.2 Å². The molecule has 0 radical (unpaired) electrons. The average molecular weight is 382 g/mol. The second kappa shape index (κ2) is 8.50. The van der Waals surface area contributed by atoms with Gasteiger partial charge in [0.15, 0.2) is 0 Å². The fraction of sp³-hybridized carbons (Fsp3) is 0.632. The van der Waals surface area contributed by atoms with E-state index in [1.54, 1.807) is 12.1 Å². The lowest BCUT2D eigenvalue weighted by Crippen LogP contribution is -2.43. The Balaban J connectivity index is 1.98. The molecule has 0 aromatic heterocycles. The van der Waals surface area contributed by atoms with E-state index in [0.717, 1.165) is 12.1 Å². The van der Waals surface area contributed by atoms with Gasteiger partial charge in [0.25, 0.3) is 0 Å². The van der Waals surface area contributed by atoms with Gasteiger partial charge in [-0.15, -0.1) is 0 Å². The molecule has 0 unspecified atom stereocenters. The summed E-state index contributed by atoms with van der Waals surface area (Å²) in [4.78, 5) is 12.4. The molecule has 0 atom stereocenters. The van der Waals surface area contributed by atoms with Gasteiger partial charge in [-0.2, -0.15) is 4.31 Å². The number of carbonyl (C=O) groups excluding carboxylic acids is 1.